The zero-order valence-electron chi connectivity index (χ0n) is 9.30. The van der Waals surface area contributed by atoms with Crippen molar-refractivity contribution in [3.05, 3.63) is 65.2 Å². The van der Waals surface area contributed by atoms with E-state index in [-0.39, 0.29) is 11.3 Å². The molecule has 0 aromatic heterocycles. The van der Waals surface area contributed by atoms with Gasteiger partial charge in [-0.05, 0) is 18.2 Å². The summed E-state index contributed by atoms with van der Waals surface area (Å²) in [6.45, 7) is 0. The number of carbonyl (C=O) groups is 2. The van der Waals surface area contributed by atoms with Crippen molar-refractivity contribution in [2.24, 2.45) is 0 Å². The second kappa shape index (κ2) is 5.23. The number of hydrogen-bond acceptors (Lipinski definition) is 3. The Kier molecular flexibility index (Phi) is 3.48. The molecule has 0 amide bonds. The van der Waals surface area contributed by atoms with Gasteiger partial charge in [0.2, 0.25) is 0 Å². The Balaban J connectivity index is 2.44. The molecule has 2 aromatic carbocycles. The van der Waals surface area contributed by atoms with E-state index in [1.165, 1.54) is 18.2 Å². The lowest BCUT2D eigenvalue weighted by molar-refractivity contribution is -0.00699. The first-order valence-corrected chi connectivity index (χ1v) is 5.24. The molecule has 0 saturated heterocycles. The molecule has 2 rings (SSSR count). The fraction of sp³-hybridized carbons (Fsp3) is 0. The van der Waals surface area contributed by atoms with Crippen LogP contribution < -0.4 is 4.94 Å². The van der Waals surface area contributed by atoms with Gasteiger partial charge in [0, 0.05) is 15.7 Å². The van der Waals surface area contributed by atoms with E-state index in [0.717, 1.165) is 0 Å². The maximum Gasteiger partial charge on any atom is 0.196 e. The molecular weight excluding hydrogens is 235 g/mol. The van der Waals surface area contributed by atoms with Crippen LogP contribution >= 0.6 is 0 Å². The first-order chi connectivity index (χ1) is 8.76. The number of hydrogen-bond donors (Lipinski definition) is 0. The van der Waals surface area contributed by atoms with Crippen LogP contribution in [0.15, 0.2) is 48.5 Å². The van der Waals surface area contributed by atoms with Crippen LogP contribution in [0.5, 0.6) is 5.75 Å². The number of halogens is 1. The first kappa shape index (κ1) is 12.0. The van der Waals surface area contributed by atoms with Gasteiger partial charge in [-0.1, -0.05) is 30.3 Å². The topological polar surface area (TPSA) is 43.4 Å². The van der Waals surface area contributed by atoms with Crippen molar-refractivity contribution in [1.29, 1.82) is 0 Å². The summed E-state index contributed by atoms with van der Waals surface area (Å²) in [4.78, 5) is 26.4. The van der Waals surface area contributed by atoms with Crippen LogP contribution in [0.1, 0.15) is 26.3 Å². The fourth-order valence-corrected chi connectivity index (χ4v) is 1.63. The van der Waals surface area contributed by atoms with E-state index >= 15 is 0 Å². The number of carbonyl (C=O) groups excluding carboxylic acids is 2. The molecule has 0 radical (unpaired) electrons. The van der Waals surface area contributed by atoms with Crippen molar-refractivity contribution in [1.82, 2.24) is 0 Å². The molecule has 18 heavy (non-hydrogen) atoms. The van der Waals surface area contributed by atoms with Crippen LogP contribution in [0.3, 0.4) is 0 Å². The molecule has 2 aromatic rings. The van der Waals surface area contributed by atoms with Gasteiger partial charge < -0.3 is 0 Å². The van der Waals surface area contributed by atoms with E-state index in [1.807, 2.05) is 0 Å². The normalized spacial score (nSPS) is 9.83. The van der Waals surface area contributed by atoms with Crippen molar-refractivity contribution in [2.45, 2.75) is 0 Å². The van der Waals surface area contributed by atoms with E-state index < -0.39 is 5.78 Å². The summed E-state index contributed by atoms with van der Waals surface area (Å²) in [7, 11) is 0. The van der Waals surface area contributed by atoms with Gasteiger partial charge in [-0.2, -0.15) is 0 Å². The van der Waals surface area contributed by atoms with Gasteiger partial charge >= 0.3 is 0 Å². The van der Waals surface area contributed by atoms with Crippen LogP contribution in [0.4, 0.5) is 4.53 Å². The summed E-state index contributed by atoms with van der Waals surface area (Å²) in [6, 6.07) is 12.2. The maximum absolute atomic E-state index is 12.3. The highest BCUT2D eigenvalue weighted by Crippen LogP contribution is 2.22. The molecule has 0 heterocycles. The molecule has 0 aliphatic rings. The third-order valence-electron chi connectivity index (χ3n) is 2.50. The lowest BCUT2D eigenvalue weighted by Gasteiger charge is -2.04. The number of para-hydroxylation sites is 1. The van der Waals surface area contributed by atoms with Gasteiger partial charge in [-0.3, -0.25) is 14.5 Å². The standard InChI is InChI=1S/C14H9FO3/c15-18-13-7-2-1-6-12(13)14(17)11-5-3-4-10(8-11)9-16/h1-9H. The largest absolute Gasteiger partial charge is 0.298 e. The van der Waals surface area contributed by atoms with Crippen LogP contribution in [0.2, 0.25) is 0 Å². The van der Waals surface area contributed by atoms with Gasteiger partial charge in [0.25, 0.3) is 0 Å². The minimum Gasteiger partial charge on any atom is -0.298 e. The SMILES string of the molecule is O=Cc1cccc(C(=O)c2ccccc2OF)c1. The molecule has 3 nitrogen and oxygen atoms in total. The van der Waals surface area contributed by atoms with Crippen molar-refractivity contribution in [2.75, 3.05) is 0 Å². The predicted molar refractivity (Wildman–Crippen MR) is 63.4 cm³/mol. The van der Waals surface area contributed by atoms with E-state index in [1.54, 1.807) is 30.3 Å². The number of aldehydes is 1. The van der Waals surface area contributed by atoms with E-state index in [0.29, 0.717) is 17.4 Å². The zero-order chi connectivity index (χ0) is 13.0. The Hall–Kier alpha value is -2.49. The quantitative estimate of drug-likeness (QED) is 0.613. The maximum atomic E-state index is 12.3. The number of rotatable bonds is 4. The van der Waals surface area contributed by atoms with E-state index in [2.05, 4.69) is 4.94 Å². The van der Waals surface area contributed by atoms with Crippen molar-refractivity contribution >= 4 is 12.1 Å². The van der Waals surface area contributed by atoms with Gasteiger partial charge in [0.1, 0.15) is 6.29 Å². The zero-order valence-corrected chi connectivity index (χ0v) is 9.30. The molecule has 0 fully saturated rings. The summed E-state index contributed by atoms with van der Waals surface area (Å²) in [5, 5.41) is 0. The van der Waals surface area contributed by atoms with Crippen LogP contribution in [0, 0.1) is 0 Å². The molecule has 0 atom stereocenters. The average Bonchev–Trinajstić information content (AvgIpc) is 2.46. The molecule has 0 spiro atoms. The second-order valence-corrected chi connectivity index (χ2v) is 3.65. The molecule has 0 bridgehead atoms. The highest BCUT2D eigenvalue weighted by Gasteiger charge is 2.15. The summed E-state index contributed by atoms with van der Waals surface area (Å²) < 4.78 is 12.3. The van der Waals surface area contributed by atoms with Crippen LogP contribution in [-0.2, 0) is 0 Å². The lowest BCUT2D eigenvalue weighted by atomic mass is 10.0. The van der Waals surface area contributed by atoms with Crippen molar-refractivity contribution in [3.63, 3.8) is 0 Å². The highest BCUT2D eigenvalue weighted by molar-refractivity contribution is 6.11. The minimum atomic E-state index is -0.396. The minimum absolute atomic E-state index is 0.114. The molecule has 0 unspecified atom stereocenters. The molecule has 4 heteroatoms. The summed E-state index contributed by atoms with van der Waals surface area (Å²) in [5.74, 6) is -0.536. The Labute approximate surface area is 103 Å². The summed E-state index contributed by atoms with van der Waals surface area (Å²) in [5.41, 5.74) is 0.812. The summed E-state index contributed by atoms with van der Waals surface area (Å²) in [6.07, 6.45) is 0.647. The Morgan fingerprint density at radius 2 is 1.89 bits per heavy atom. The smallest absolute Gasteiger partial charge is 0.196 e. The van der Waals surface area contributed by atoms with Gasteiger partial charge in [-0.15, -0.1) is 0 Å². The predicted octanol–water partition coefficient (Wildman–Crippen LogP) is 2.99. The number of ketones is 1. The molecular formula is C14H9FO3. The van der Waals surface area contributed by atoms with Crippen LogP contribution in [-0.4, -0.2) is 12.1 Å². The van der Waals surface area contributed by atoms with Crippen molar-refractivity contribution in [3.8, 4) is 5.75 Å². The summed E-state index contributed by atoms with van der Waals surface area (Å²) >= 11 is 0. The first-order valence-electron chi connectivity index (χ1n) is 5.24. The number of benzene rings is 2. The monoisotopic (exact) mass is 244 g/mol. The third-order valence-corrected chi connectivity index (χ3v) is 2.50. The molecule has 0 N–H and O–H groups in total. The van der Waals surface area contributed by atoms with Crippen LogP contribution in [0.25, 0.3) is 0 Å². The van der Waals surface area contributed by atoms with Gasteiger partial charge in [-0.25, -0.2) is 0 Å². The average molecular weight is 244 g/mol. The van der Waals surface area contributed by atoms with E-state index in [4.69, 9.17) is 0 Å². The fourth-order valence-electron chi connectivity index (χ4n) is 1.63. The molecule has 90 valence electrons. The van der Waals surface area contributed by atoms with Gasteiger partial charge in [0.05, 0.1) is 5.56 Å². The van der Waals surface area contributed by atoms with Gasteiger partial charge in [0.15, 0.2) is 11.5 Å². The second-order valence-electron chi connectivity index (χ2n) is 3.65. The lowest BCUT2D eigenvalue weighted by Crippen LogP contribution is -2.03. The molecule has 0 aliphatic carbocycles. The van der Waals surface area contributed by atoms with Crippen molar-refractivity contribution < 1.29 is 19.1 Å². The van der Waals surface area contributed by atoms with E-state index in [9.17, 15) is 14.1 Å². The highest BCUT2D eigenvalue weighted by atomic mass is 19.3. The molecule has 0 saturated carbocycles. The Morgan fingerprint density at radius 1 is 1.11 bits per heavy atom. The third kappa shape index (κ3) is 2.27. The molecule has 0 aliphatic heterocycles. The Bertz CT molecular complexity index is 593. The Morgan fingerprint density at radius 3 is 2.61 bits per heavy atom.